The van der Waals surface area contributed by atoms with Gasteiger partial charge in [-0.1, -0.05) is 0 Å². The molecule has 0 atom stereocenters. The molecule has 0 aliphatic heterocycles. The molecule has 15 heavy (non-hydrogen) atoms. The van der Waals surface area contributed by atoms with E-state index in [9.17, 15) is 4.79 Å². The van der Waals surface area contributed by atoms with Crippen molar-refractivity contribution in [1.82, 2.24) is 4.98 Å². The van der Waals surface area contributed by atoms with Gasteiger partial charge in [0.15, 0.2) is 5.69 Å². The van der Waals surface area contributed by atoms with Gasteiger partial charge in [0.1, 0.15) is 5.01 Å². The topological polar surface area (TPSA) is 65.2 Å². The minimum absolute atomic E-state index is 0.282. The first-order chi connectivity index (χ1) is 7.15. The third-order valence-corrected chi connectivity index (χ3v) is 3.72. The van der Waals surface area contributed by atoms with E-state index in [-0.39, 0.29) is 11.5 Å². The molecule has 4 nitrogen and oxygen atoms in total. The van der Waals surface area contributed by atoms with Crippen molar-refractivity contribution in [2.75, 3.05) is 6.61 Å². The molecule has 1 aliphatic carbocycles. The maximum atomic E-state index is 11.4. The van der Waals surface area contributed by atoms with Gasteiger partial charge in [-0.2, -0.15) is 0 Å². The van der Waals surface area contributed by atoms with Gasteiger partial charge in [0.25, 0.3) is 0 Å². The first-order valence-electron chi connectivity index (χ1n) is 5.08. The van der Waals surface area contributed by atoms with E-state index in [1.54, 1.807) is 12.3 Å². The van der Waals surface area contributed by atoms with E-state index < -0.39 is 0 Å². The number of hydrogen-bond acceptors (Lipinski definition) is 5. The van der Waals surface area contributed by atoms with E-state index in [1.807, 2.05) is 0 Å². The SMILES string of the molecule is CCOC(=O)c1csc(C2(N)CCC2)n1. The van der Waals surface area contributed by atoms with Crippen LogP contribution in [-0.2, 0) is 10.3 Å². The molecule has 2 N–H and O–H groups in total. The van der Waals surface area contributed by atoms with Crippen LogP contribution >= 0.6 is 11.3 Å². The number of ether oxygens (including phenoxy) is 1. The highest BCUT2D eigenvalue weighted by Gasteiger charge is 2.37. The second-order valence-corrected chi connectivity index (χ2v) is 4.63. The number of carbonyl (C=O) groups is 1. The molecule has 82 valence electrons. The highest BCUT2D eigenvalue weighted by Crippen LogP contribution is 2.39. The number of rotatable bonds is 3. The Hall–Kier alpha value is -0.940. The molecular formula is C10H14N2O2S. The molecule has 0 amide bonds. The third kappa shape index (κ3) is 1.89. The van der Waals surface area contributed by atoms with Gasteiger partial charge < -0.3 is 10.5 Å². The molecule has 1 saturated carbocycles. The molecule has 1 fully saturated rings. The van der Waals surface area contributed by atoms with Crippen molar-refractivity contribution in [2.24, 2.45) is 5.73 Å². The molecule has 0 aromatic carbocycles. The van der Waals surface area contributed by atoms with E-state index in [2.05, 4.69) is 4.98 Å². The molecule has 0 spiro atoms. The van der Waals surface area contributed by atoms with Gasteiger partial charge in [0, 0.05) is 5.38 Å². The summed E-state index contributed by atoms with van der Waals surface area (Å²) in [6.07, 6.45) is 3.07. The number of aromatic nitrogens is 1. The normalized spacial score (nSPS) is 18.3. The summed E-state index contributed by atoms with van der Waals surface area (Å²) in [6, 6.07) is 0. The van der Waals surface area contributed by atoms with Crippen LogP contribution in [0.2, 0.25) is 0 Å². The van der Waals surface area contributed by atoms with Crippen molar-refractivity contribution in [3.8, 4) is 0 Å². The average molecular weight is 226 g/mol. The molecule has 0 unspecified atom stereocenters. The number of nitrogens with two attached hydrogens (primary N) is 1. The van der Waals surface area contributed by atoms with E-state index in [0.29, 0.717) is 12.3 Å². The molecule has 1 aliphatic rings. The third-order valence-electron chi connectivity index (χ3n) is 2.66. The summed E-state index contributed by atoms with van der Waals surface area (Å²) >= 11 is 1.45. The lowest BCUT2D eigenvalue weighted by Gasteiger charge is -2.35. The lowest BCUT2D eigenvalue weighted by molar-refractivity contribution is 0.0519. The fourth-order valence-corrected chi connectivity index (χ4v) is 2.53. The van der Waals surface area contributed by atoms with E-state index in [4.69, 9.17) is 10.5 Å². The summed E-state index contributed by atoms with van der Waals surface area (Å²) < 4.78 is 4.87. The number of hydrogen-bond donors (Lipinski definition) is 1. The Balaban J connectivity index is 2.13. The van der Waals surface area contributed by atoms with Gasteiger partial charge in [-0.25, -0.2) is 9.78 Å². The van der Waals surface area contributed by atoms with Crippen LogP contribution < -0.4 is 5.73 Å². The second-order valence-electron chi connectivity index (χ2n) is 3.77. The second kappa shape index (κ2) is 3.90. The minimum Gasteiger partial charge on any atom is -0.461 e. The van der Waals surface area contributed by atoms with Crippen LogP contribution in [0.4, 0.5) is 0 Å². The largest absolute Gasteiger partial charge is 0.461 e. The van der Waals surface area contributed by atoms with Crippen LogP contribution in [0.1, 0.15) is 41.7 Å². The number of carbonyl (C=O) groups excluding carboxylic acids is 1. The van der Waals surface area contributed by atoms with Gasteiger partial charge in [0.2, 0.25) is 0 Å². The number of thiazole rings is 1. The molecule has 0 radical (unpaired) electrons. The van der Waals surface area contributed by atoms with Crippen molar-refractivity contribution in [3.63, 3.8) is 0 Å². The van der Waals surface area contributed by atoms with E-state index in [1.165, 1.54) is 11.3 Å². The molecule has 1 aromatic heterocycles. The van der Waals surface area contributed by atoms with Crippen molar-refractivity contribution >= 4 is 17.3 Å². The Morgan fingerprint density at radius 2 is 2.47 bits per heavy atom. The summed E-state index contributed by atoms with van der Waals surface area (Å²) in [6.45, 7) is 2.15. The van der Waals surface area contributed by atoms with Crippen LogP contribution in [0.25, 0.3) is 0 Å². The van der Waals surface area contributed by atoms with Crippen LogP contribution in [-0.4, -0.2) is 17.6 Å². The van der Waals surface area contributed by atoms with Crippen LogP contribution in [0.3, 0.4) is 0 Å². The minimum atomic E-state index is -0.358. The zero-order chi connectivity index (χ0) is 10.9. The van der Waals surface area contributed by atoms with Crippen molar-refractivity contribution in [1.29, 1.82) is 0 Å². The van der Waals surface area contributed by atoms with Crippen molar-refractivity contribution in [3.05, 3.63) is 16.1 Å². The molecular weight excluding hydrogens is 212 g/mol. The first-order valence-corrected chi connectivity index (χ1v) is 5.96. The fourth-order valence-electron chi connectivity index (χ4n) is 1.57. The first kappa shape index (κ1) is 10.6. The fraction of sp³-hybridized carbons (Fsp3) is 0.600. The van der Waals surface area contributed by atoms with E-state index in [0.717, 1.165) is 24.3 Å². The van der Waals surface area contributed by atoms with Gasteiger partial charge in [-0.15, -0.1) is 11.3 Å². The lowest BCUT2D eigenvalue weighted by Crippen LogP contribution is -2.43. The molecule has 1 heterocycles. The summed E-state index contributed by atoms with van der Waals surface area (Å²) in [5, 5.41) is 2.58. The summed E-state index contributed by atoms with van der Waals surface area (Å²) in [4.78, 5) is 15.6. The monoisotopic (exact) mass is 226 g/mol. The standard InChI is InChI=1S/C10H14N2O2S/c1-2-14-8(13)7-6-15-9(12-7)10(11)4-3-5-10/h6H,2-5,11H2,1H3. The van der Waals surface area contributed by atoms with Crippen LogP contribution in [0.5, 0.6) is 0 Å². The molecule has 5 heteroatoms. The Kier molecular flexibility index (Phi) is 2.75. The van der Waals surface area contributed by atoms with Crippen molar-refractivity contribution in [2.45, 2.75) is 31.7 Å². The zero-order valence-corrected chi connectivity index (χ0v) is 9.47. The zero-order valence-electron chi connectivity index (χ0n) is 8.66. The van der Waals surface area contributed by atoms with Crippen molar-refractivity contribution < 1.29 is 9.53 Å². The molecule has 1 aromatic rings. The van der Waals surface area contributed by atoms with E-state index >= 15 is 0 Å². The van der Waals surface area contributed by atoms with Gasteiger partial charge in [-0.3, -0.25) is 0 Å². The smallest absolute Gasteiger partial charge is 0.357 e. The highest BCUT2D eigenvalue weighted by atomic mass is 32.1. The van der Waals surface area contributed by atoms with Crippen LogP contribution in [0, 0.1) is 0 Å². The van der Waals surface area contributed by atoms with Gasteiger partial charge in [-0.05, 0) is 26.2 Å². The van der Waals surface area contributed by atoms with Crippen LogP contribution in [0.15, 0.2) is 5.38 Å². The Labute approximate surface area is 92.5 Å². The predicted molar refractivity (Wildman–Crippen MR) is 57.8 cm³/mol. The number of esters is 1. The lowest BCUT2D eigenvalue weighted by atomic mass is 9.78. The Morgan fingerprint density at radius 1 is 1.73 bits per heavy atom. The Morgan fingerprint density at radius 3 is 3.00 bits per heavy atom. The average Bonchev–Trinajstić information content (AvgIpc) is 2.63. The summed E-state index contributed by atoms with van der Waals surface area (Å²) in [7, 11) is 0. The maximum absolute atomic E-state index is 11.4. The molecule has 0 bridgehead atoms. The quantitative estimate of drug-likeness (QED) is 0.796. The maximum Gasteiger partial charge on any atom is 0.357 e. The molecule has 0 saturated heterocycles. The Bertz CT molecular complexity index is 371. The molecule has 2 rings (SSSR count). The highest BCUT2D eigenvalue weighted by molar-refractivity contribution is 7.10. The van der Waals surface area contributed by atoms with Gasteiger partial charge in [0.05, 0.1) is 12.1 Å². The number of nitrogens with zero attached hydrogens (tertiary/aromatic N) is 1. The summed E-state index contributed by atoms with van der Waals surface area (Å²) in [5.74, 6) is -0.358. The summed E-state index contributed by atoms with van der Waals surface area (Å²) in [5.41, 5.74) is 6.21. The van der Waals surface area contributed by atoms with Gasteiger partial charge >= 0.3 is 5.97 Å². The predicted octanol–water partition coefficient (Wildman–Crippen LogP) is 1.66.